The molecule has 0 radical (unpaired) electrons. The number of rotatable bonds is 10. The first kappa shape index (κ1) is 34.5. The summed E-state index contributed by atoms with van der Waals surface area (Å²) >= 11 is 0. The third-order valence-corrected chi connectivity index (χ3v) is 8.91. The van der Waals surface area contributed by atoms with Crippen LogP contribution in [-0.4, -0.2) is 76.3 Å². The Labute approximate surface area is 271 Å². The highest BCUT2D eigenvalue weighted by molar-refractivity contribution is 5.98. The average Bonchev–Trinajstić information content (AvgIpc) is 3.57. The molecule has 12 heteroatoms. The molecule has 0 unspecified atom stereocenters. The first-order valence-corrected chi connectivity index (χ1v) is 15.7. The van der Waals surface area contributed by atoms with E-state index in [1.807, 2.05) is 73.5 Å². The van der Waals surface area contributed by atoms with Crippen LogP contribution < -0.4 is 5.32 Å². The Morgan fingerprint density at radius 1 is 1.00 bits per heavy atom. The number of amides is 2. The maximum atomic E-state index is 13.0. The van der Waals surface area contributed by atoms with Crippen LogP contribution in [0.5, 0.6) is 0 Å². The number of nitrogens with one attached hydrogen (secondary N) is 1. The topological polar surface area (TPSA) is 112 Å². The van der Waals surface area contributed by atoms with Crippen LogP contribution >= 0.6 is 0 Å². The molecule has 2 fully saturated rings. The fourth-order valence-corrected chi connectivity index (χ4v) is 6.08. The van der Waals surface area contributed by atoms with Crippen molar-refractivity contribution in [1.29, 1.82) is 0 Å². The van der Waals surface area contributed by atoms with Crippen LogP contribution in [0.3, 0.4) is 0 Å². The third kappa shape index (κ3) is 8.38. The lowest BCUT2D eigenvalue weighted by Gasteiger charge is -2.39. The van der Waals surface area contributed by atoms with Crippen molar-refractivity contribution in [1.82, 2.24) is 9.80 Å². The van der Waals surface area contributed by atoms with Gasteiger partial charge in [-0.05, 0) is 55.6 Å². The standard InChI is InChI=1S/C35H40F3N3O6/c1-22(31(43)25-7-4-3-5-8-25)40(2)20-28-19-30(24-12-10-23(21-42)11-13-24)47-33(46-28)26-14-16-27(17-15-26)39-32(44)29-9-6-18-41(29)34(45)35(36,37)38/h3-5,7-8,10-17,22,28-31,33,42-43H,6,9,18-21H2,1-2H3,(H,39,44)/t22-,28+,29+,30-,31-,33-/m1/s1. The molecule has 2 aliphatic heterocycles. The maximum Gasteiger partial charge on any atom is 0.471 e. The highest BCUT2D eigenvalue weighted by Gasteiger charge is 2.47. The van der Waals surface area contributed by atoms with Crippen molar-refractivity contribution in [2.75, 3.05) is 25.5 Å². The van der Waals surface area contributed by atoms with Gasteiger partial charge in [0.1, 0.15) is 6.04 Å². The van der Waals surface area contributed by atoms with E-state index < -0.39 is 36.4 Å². The Hall–Kier alpha value is -3.81. The van der Waals surface area contributed by atoms with E-state index >= 15 is 0 Å². The van der Waals surface area contributed by atoms with Crippen molar-refractivity contribution in [2.45, 2.75) is 75.7 Å². The zero-order valence-corrected chi connectivity index (χ0v) is 26.3. The summed E-state index contributed by atoms with van der Waals surface area (Å²) in [6.07, 6.45) is -6.17. The molecule has 2 amide bonds. The van der Waals surface area contributed by atoms with Crippen molar-refractivity contribution < 1.29 is 42.4 Å². The van der Waals surface area contributed by atoms with Crippen molar-refractivity contribution in [3.05, 3.63) is 101 Å². The fraction of sp³-hybridized carbons (Fsp3) is 0.429. The summed E-state index contributed by atoms with van der Waals surface area (Å²) in [6, 6.07) is 22.2. The maximum absolute atomic E-state index is 13.0. The highest BCUT2D eigenvalue weighted by atomic mass is 19.4. The van der Waals surface area contributed by atoms with Gasteiger partial charge in [-0.1, -0.05) is 66.7 Å². The molecule has 3 N–H and O–H groups in total. The van der Waals surface area contributed by atoms with E-state index in [1.165, 1.54) is 0 Å². The molecule has 0 aromatic heterocycles. The first-order chi connectivity index (χ1) is 22.4. The summed E-state index contributed by atoms with van der Waals surface area (Å²) in [5.74, 6) is -2.69. The number of carbonyl (C=O) groups is 2. The molecular weight excluding hydrogens is 615 g/mol. The van der Waals surface area contributed by atoms with E-state index in [2.05, 4.69) is 5.32 Å². The minimum atomic E-state index is -5.05. The number of hydrogen-bond donors (Lipinski definition) is 3. The number of hydrogen-bond acceptors (Lipinski definition) is 7. The van der Waals surface area contributed by atoms with Gasteiger partial charge in [-0.2, -0.15) is 13.2 Å². The molecule has 0 saturated carbocycles. The number of ether oxygens (including phenoxy) is 2. The van der Waals surface area contributed by atoms with Crippen molar-refractivity contribution >= 4 is 17.5 Å². The van der Waals surface area contributed by atoms with Gasteiger partial charge in [-0.25, -0.2) is 0 Å². The quantitative estimate of drug-likeness (QED) is 0.273. The van der Waals surface area contributed by atoms with Gasteiger partial charge in [-0.15, -0.1) is 0 Å². The van der Waals surface area contributed by atoms with E-state index in [9.17, 15) is 33.0 Å². The molecule has 3 aromatic rings. The molecule has 0 bridgehead atoms. The first-order valence-electron chi connectivity index (χ1n) is 15.7. The second-order valence-electron chi connectivity index (χ2n) is 12.2. The Morgan fingerprint density at radius 2 is 1.66 bits per heavy atom. The lowest BCUT2D eigenvalue weighted by Crippen LogP contribution is -2.48. The molecule has 0 spiro atoms. The number of benzene rings is 3. The van der Waals surface area contributed by atoms with Gasteiger partial charge in [0.25, 0.3) is 0 Å². The predicted octanol–water partition coefficient (Wildman–Crippen LogP) is 5.27. The molecule has 6 atom stereocenters. The molecular formula is C35H40F3N3O6. The van der Waals surface area contributed by atoms with E-state index in [0.29, 0.717) is 35.5 Å². The van der Waals surface area contributed by atoms with Crippen LogP contribution in [0, 0.1) is 0 Å². The van der Waals surface area contributed by atoms with E-state index in [-0.39, 0.29) is 37.8 Å². The van der Waals surface area contributed by atoms with Gasteiger partial charge in [0, 0.05) is 36.8 Å². The number of nitrogens with zero attached hydrogens (tertiary/aromatic N) is 2. The SMILES string of the molecule is C[C@H]([C@@H](O)c1ccccc1)N(C)C[C@@H]1C[C@H](c2ccc(CO)cc2)O[C@H](c2ccc(NC(=O)[C@@H]3CCCN3C(=O)C(F)(F)F)cc2)O1. The van der Waals surface area contributed by atoms with Gasteiger partial charge in [-0.3, -0.25) is 14.5 Å². The van der Waals surface area contributed by atoms with Crippen LogP contribution in [0.25, 0.3) is 0 Å². The monoisotopic (exact) mass is 655 g/mol. The Morgan fingerprint density at radius 3 is 2.30 bits per heavy atom. The molecule has 252 valence electrons. The molecule has 47 heavy (non-hydrogen) atoms. The lowest BCUT2D eigenvalue weighted by atomic mass is 9.98. The summed E-state index contributed by atoms with van der Waals surface area (Å²) < 4.78 is 51.9. The number of likely N-dealkylation sites (N-methyl/N-ethyl adjacent to an activating group) is 1. The second kappa shape index (κ2) is 15.0. The fourth-order valence-electron chi connectivity index (χ4n) is 6.08. The largest absolute Gasteiger partial charge is 0.471 e. The molecule has 9 nitrogen and oxygen atoms in total. The van der Waals surface area contributed by atoms with Gasteiger partial charge >= 0.3 is 12.1 Å². The Balaban J connectivity index is 1.29. The number of alkyl halides is 3. The number of carbonyl (C=O) groups excluding carboxylic acids is 2. The highest BCUT2D eigenvalue weighted by Crippen LogP contribution is 2.39. The van der Waals surface area contributed by atoms with Gasteiger partial charge in [0.2, 0.25) is 5.91 Å². The Kier molecular flexibility index (Phi) is 11.0. The predicted molar refractivity (Wildman–Crippen MR) is 168 cm³/mol. The second-order valence-corrected chi connectivity index (χ2v) is 12.2. The molecule has 2 heterocycles. The molecule has 3 aromatic carbocycles. The molecule has 5 rings (SSSR count). The van der Waals surface area contributed by atoms with Crippen LogP contribution in [0.15, 0.2) is 78.9 Å². The minimum absolute atomic E-state index is 0.0765. The van der Waals surface area contributed by atoms with Crippen LogP contribution in [0.4, 0.5) is 18.9 Å². The summed E-state index contributed by atoms with van der Waals surface area (Å²) in [7, 11) is 1.93. The van der Waals surface area contributed by atoms with E-state index in [4.69, 9.17) is 9.47 Å². The minimum Gasteiger partial charge on any atom is -0.392 e. The van der Waals surface area contributed by atoms with Gasteiger partial charge < -0.3 is 29.9 Å². The smallest absolute Gasteiger partial charge is 0.392 e. The van der Waals surface area contributed by atoms with Crippen molar-refractivity contribution in [2.24, 2.45) is 0 Å². The van der Waals surface area contributed by atoms with Crippen molar-refractivity contribution in [3.63, 3.8) is 0 Å². The average molecular weight is 656 g/mol. The molecule has 0 aliphatic carbocycles. The number of aliphatic hydroxyl groups excluding tert-OH is 2. The number of anilines is 1. The zero-order valence-electron chi connectivity index (χ0n) is 26.3. The van der Waals surface area contributed by atoms with Crippen LogP contribution in [-0.2, 0) is 25.7 Å². The normalized spacial score (nSPS) is 23.0. The number of halogens is 3. The number of aliphatic hydroxyl groups is 2. The summed E-state index contributed by atoms with van der Waals surface area (Å²) in [5, 5.41) is 23.1. The van der Waals surface area contributed by atoms with Crippen LogP contribution in [0.1, 0.15) is 66.9 Å². The summed E-state index contributed by atoms with van der Waals surface area (Å²) in [5.41, 5.74) is 3.54. The Bertz CT molecular complexity index is 1490. The molecule has 2 saturated heterocycles. The third-order valence-electron chi connectivity index (χ3n) is 8.91. The summed E-state index contributed by atoms with van der Waals surface area (Å²) in [4.78, 5) is 27.3. The summed E-state index contributed by atoms with van der Waals surface area (Å²) in [6.45, 7) is 2.25. The van der Waals surface area contributed by atoms with E-state index in [1.54, 1.807) is 24.3 Å². The zero-order chi connectivity index (χ0) is 33.7. The lowest BCUT2D eigenvalue weighted by molar-refractivity contribution is -0.253. The number of likely N-dealkylation sites (tertiary alicyclic amines) is 1. The molecule has 2 aliphatic rings. The van der Waals surface area contributed by atoms with Gasteiger partial charge in [0.05, 0.1) is 24.9 Å². The van der Waals surface area contributed by atoms with Crippen LogP contribution in [0.2, 0.25) is 0 Å². The van der Waals surface area contributed by atoms with Crippen molar-refractivity contribution in [3.8, 4) is 0 Å². The van der Waals surface area contributed by atoms with Gasteiger partial charge in [0.15, 0.2) is 6.29 Å². The van der Waals surface area contributed by atoms with E-state index in [0.717, 1.165) is 16.7 Å².